The van der Waals surface area contributed by atoms with Gasteiger partial charge >= 0.3 is 6.18 Å². The first kappa shape index (κ1) is 14.8. The lowest BCUT2D eigenvalue weighted by Crippen LogP contribution is -2.21. The molecule has 110 valence electrons. The summed E-state index contributed by atoms with van der Waals surface area (Å²) in [4.78, 5) is 10.7. The lowest BCUT2D eigenvalue weighted by molar-refractivity contribution is -0.137. The molecule has 0 saturated carbocycles. The molecule has 0 atom stereocenters. The fraction of sp³-hybridized carbons (Fsp3) is 0.500. The number of rotatable bonds is 4. The quantitative estimate of drug-likeness (QED) is 0.797. The second kappa shape index (κ2) is 6.26. The maximum Gasteiger partial charge on any atom is 0.416 e. The molecule has 1 heterocycles. The van der Waals surface area contributed by atoms with Crippen LogP contribution in [0.4, 0.5) is 13.2 Å². The van der Waals surface area contributed by atoms with Gasteiger partial charge in [-0.3, -0.25) is 4.79 Å². The highest BCUT2D eigenvalue weighted by atomic mass is 19.4. The molecule has 0 aromatic heterocycles. The Morgan fingerprint density at radius 3 is 2.55 bits per heavy atom. The minimum absolute atomic E-state index is 0.0400. The summed E-state index contributed by atoms with van der Waals surface area (Å²) in [6.07, 6.45) is -2.44. The minimum atomic E-state index is -4.49. The van der Waals surface area contributed by atoms with Gasteiger partial charge in [-0.15, -0.1) is 0 Å². The predicted octanol–water partition coefficient (Wildman–Crippen LogP) is 3.32. The number of halogens is 3. The molecule has 1 aliphatic heterocycles. The van der Waals surface area contributed by atoms with E-state index in [1.54, 1.807) is 0 Å². The third kappa shape index (κ3) is 3.96. The van der Waals surface area contributed by atoms with Crippen molar-refractivity contribution in [3.8, 4) is 5.75 Å². The summed E-state index contributed by atoms with van der Waals surface area (Å²) in [5, 5.41) is 0. The van der Waals surface area contributed by atoms with Crippen molar-refractivity contribution in [2.24, 2.45) is 5.92 Å². The van der Waals surface area contributed by atoms with E-state index in [0.717, 1.165) is 25.0 Å². The van der Waals surface area contributed by atoms with Crippen LogP contribution in [0, 0.1) is 5.92 Å². The molecule has 1 aromatic carbocycles. The zero-order valence-corrected chi connectivity index (χ0v) is 10.8. The summed E-state index contributed by atoms with van der Waals surface area (Å²) in [6, 6.07) is 3.06. The third-order valence-electron chi connectivity index (χ3n) is 3.22. The molecule has 1 aromatic rings. The van der Waals surface area contributed by atoms with Crippen LogP contribution in [0.5, 0.6) is 5.75 Å². The SMILES string of the molecule is O=Cc1cc(OCC2CCOCC2)cc(C(F)(F)F)c1. The van der Waals surface area contributed by atoms with Crippen LogP contribution in [-0.4, -0.2) is 26.1 Å². The topological polar surface area (TPSA) is 35.5 Å². The summed E-state index contributed by atoms with van der Waals surface area (Å²) in [7, 11) is 0. The summed E-state index contributed by atoms with van der Waals surface area (Å²) in [6.45, 7) is 1.63. The number of carbonyl (C=O) groups is 1. The summed E-state index contributed by atoms with van der Waals surface area (Å²) < 4.78 is 48.7. The van der Waals surface area contributed by atoms with E-state index in [-0.39, 0.29) is 17.2 Å². The van der Waals surface area contributed by atoms with Gasteiger partial charge in [0.05, 0.1) is 12.2 Å². The molecule has 0 unspecified atom stereocenters. The fourth-order valence-electron chi connectivity index (χ4n) is 2.06. The van der Waals surface area contributed by atoms with Gasteiger partial charge in [0.1, 0.15) is 12.0 Å². The van der Waals surface area contributed by atoms with Crippen molar-refractivity contribution in [1.82, 2.24) is 0 Å². The van der Waals surface area contributed by atoms with Gasteiger partial charge in [-0.1, -0.05) is 0 Å². The van der Waals surface area contributed by atoms with Crippen LogP contribution in [0.3, 0.4) is 0 Å². The molecule has 1 saturated heterocycles. The van der Waals surface area contributed by atoms with Crippen LogP contribution in [0.2, 0.25) is 0 Å². The number of alkyl halides is 3. The first-order chi connectivity index (χ1) is 9.49. The van der Waals surface area contributed by atoms with Gasteiger partial charge in [-0.05, 0) is 37.0 Å². The second-order valence-electron chi connectivity index (χ2n) is 4.77. The zero-order chi connectivity index (χ0) is 14.6. The molecule has 20 heavy (non-hydrogen) atoms. The summed E-state index contributed by atoms with van der Waals surface area (Å²) in [5.74, 6) is 0.353. The highest BCUT2D eigenvalue weighted by Gasteiger charge is 2.31. The van der Waals surface area contributed by atoms with E-state index < -0.39 is 11.7 Å². The Bertz CT molecular complexity index is 465. The van der Waals surface area contributed by atoms with Crippen LogP contribution in [0.25, 0.3) is 0 Å². The molecular formula is C14H15F3O3. The third-order valence-corrected chi connectivity index (χ3v) is 3.22. The molecule has 0 radical (unpaired) electrons. The lowest BCUT2D eigenvalue weighted by Gasteiger charge is -2.22. The van der Waals surface area contributed by atoms with Crippen molar-refractivity contribution in [3.63, 3.8) is 0 Å². The molecule has 6 heteroatoms. The van der Waals surface area contributed by atoms with Crippen molar-refractivity contribution in [2.45, 2.75) is 19.0 Å². The highest BCUT2D eigenvalue weighted by molar-refractivity contribution is 5.76. The van der Waals surface area contributed by atoms with E-state index in [0.29, 0.717) is 26.1 Å². The maximum absolute atomic E-state index is 12.7. The van der Waals surface area contributed by atoms with Gasteiger partial charge in [0.2, 0.25) is 0 Å². The molecule has 2 rings (SSSR count). The molecule has 3 nitrogen and oxygen atoms in total. The van der Waals surface area contributed by atoms with Crippen molar-refractivity contribution in [3.05, 3.63) is 29.3 Å². The van der Waals surface area contributed by atoms with Gasteiger partial charge in [0, 0.05) is 18.8 Å². The Morgan fingerprint density at radius 1 is 1.25 bits per heavy atom. The first-order valence-electron chi connectivity index (χ1n) is 6.37. The number of hydrogen-bond acceptors (Lipinski definition) is 3. The Labute approximate surface area is 114 Å². The number of benzene rings is 1. The Kier molecular flexibility index (Phi) is 4.65. The van der Waals surface area contributed by atoms with Gasteiger partial charge in [0.25, 0.3) is 0 Å². The van der Waals surface area contributed by atoms with E-state index in [1.807, 2.05) is 0 Å². The van der Waals surface area contributed by atoms with E-state index in [1.165, 1.54) is 6.07 Å². The Morgan fingerprint density at radius 2 is 1.95 bits per heavy atom. The monoisotopic (exact) mass is 288 g/mol. The van der Waals surface area contributed by atoms with Crippen molar-refractivity contribution < 1.29 is 27.4 Å². The Hall–Kier alpha value is -1.56. The summed E-state index contributed by atoms with van der Waals surface area (Å²) >= 11 is 0. The van der Waals surface area contributed by atoms with E-state index in [2.05, 4.69) is 0 Å². The van der Waals surface area contributed by atoms with Crippen molar-refractivity contribution in [1.29, 1.82) is 0 Å². The van der Waals surface area contributed by atoms with Crippen molar-refractivity contribution >= 4 is 6.29 Å². The van der Waals surface area contributed by atoms with Gasteiger partial charge in [-0.25, -0.2) is 0 Å². The smallest absolute Gasteiger partial charge is 0.416 e. The minimum Gasteiger partial charge on any atom is -0.493 e. The number of carbonyl (C=O) groups excluding carboxylic acids is 1. The molecule has 0 aliphatic carbocycles. The van der Waals surface area contributed by atoms with Crippen molar-refractivity contribution in [2.75, 3.05) is 19.8 Å². The highest BCUT2D eigenvalue weighted by Crippen LogP contribution is 2.32. The molecule has 0 spiro atoms. The molecule has 0 N–H and O–H groups in total. The maximum atomic E-state index is 12.7. The van der Waals surface area contributed by atoms with Crippen LogP contribution in [0.15, 0.2) is 18.2 Å². The van der Waals surface area contributed by atoms with Gasteiger partial charge in [-0.2, -0.15) is 13.2 Å². The number of ether oxygens (including phenoxy) is 2. The van der Waals surface area contributed by atoms with Crippen LogP contribution >= 0.6 is 0 Å². The average Bonchev–Trinajstić information content (AvgIpc) is 2.45. The van der Waals surface area contributed by atoms with E-state index in [9.17, 15) is 18.0 Å². The molecule has 0 bridgehead atoms. The fourth-order valence-corrected chi connectivity index (χ4v) is 2.06. The van der Waals surface area contributed by atoms with E-state index in [4.69, 9.17) is 9.47 Å². The molecule has 1 fully saturated rings. The number of aldehydes is 1. The number of hydrogen-bond donors (Lipinski definition) is 0. The zero-order valence-electron chi connectivity index (χ0n) is 10.8. The van der Waals surface area contributed by atoms with Crippen LogP contribution in [0.1, 0.15) is 28.8 Å². The van der Waals surface area contributed by atoms with E-state index >= 15 is 0 Å². The van der Waals surface area contributed by atoms with Crippen LogP contribution < -0.4 is 4.74 Å². The first-order valence-corrected chi connectivity index (χ1v) is 6.37. The predicted molar refractivity (Wildman–Crippen MR) is 65.9 cm³/mol. The van der Waals surface area contributed by atoms with Crippen LogP contribution in [-0.2, 0) is 10.9 Å². The average molecular weight is 288 g/mol. The lowest BCUT2D eigenvalue weighted by atomic mass is 10.0. The van der Waals surface area contributed by atoms with Gasteiger partial charge < -0.3 is 9.47 Å². The standard InChI is InChI=1S/C14H15F3O3/c15-14(16,17)12-5-11(8-18)6-13(7-12)20-9-10-1-3-19-4-2-10/h5-8,10H,1-4,9H2. The van der Waals surface area contributed by atoms with Gasteiger partial charge in [0.15, 0.2) is 0 Å². The molecule has 1 aliphatic rings. The normalized spacial score (nSPS) is 16.9. The molecule has 0 amide bonds. The summed E-state index contributed by atoms with van der Waals surface area (Å²) in [5.41, 5.74) is -0.911. The molecular weight excluding hydrogens is 273 g/mol. The second-order valence-corrected chi connectivity index (χ2v) is 4.77. The Balaban J connectivity index is 2.08. The largest absolute Gasteiger partial charge is 0.493 e.